The molecule has 102 valence electrons. The first-order valence-electron chi connectivity index (χ1n) is 7.46. The van der Waals surface area contributed by atoms with Gasteiger partial charge in [-0.1, -0.05) is 51.5 Å². The van der Waals surface area contributed by atoms with Gasteiger partial charge in [0.1, 0.15) is 0 Å². The zero-order valence-corrected chi connectivity index (χ0v) is 12.5. The average molecular weight is 247 g/mol. The first kappa shape index (κ1) is 15.2. The number of rotatable bonds is 8. The molecule has 0 bridgehead atoms. The highest BCUT2D eigenvalue weighted by molar-refractivity contribution is 5.25. The molecule has 1 nitrogen and oxygen atoms in total. The molecule has 1 aromatic carbocycles. The molecule has 0 saturated carbocycles. The van der Waals surface area contributed by atoms with Gasteiger partial charge in [-0.15, -0.1) is 0 Å². The summed E-state index contributed by atoms with van der Waals surface area (Å²) in [7, 11) is 0. The van der Waals surface area contributed by atoms with Crippen molar-refractivity contribution in [3.05, 3.63) is 35.4 Å². The Hall–Kier alpha value is -0.820. The Morgan fingerprint density at radius 2 is 1.89 bits per heavy atom. The van der Waals surface area contributed by atoms with Crippen molar-refractivity contribution in [2.75, 3.05) is 6.54 Å². The fourth-order valence-electron chi connectivity index (χ4n) is 2.40. The third-order valence-corrected chi connectivity index (χ3v) is 3.97. The van der Waals surface area contributed by atoms with Crippen LogP contribution in [-0.4, -0.2) is 12.6 Å². The second-order valence-electron chi connectivity index (χ2n) is 5.41. The van der Waals surface area contributed by atoms with Crippen molar-refractivity contribution in [1.29, 1.82) is 0 Å². The van der Waals surface area contributed by atoms with Crippen LogP contribution in [0.25, 0.3) is 0 Å². The van der Waals surface area contributed by atoms with E-state index in [0.29, 0.717) is 6.04 Å². The van der Waals surface area contributed by atoms with Gasteiger partial charge in [0.15, 0.2) is 0 Å². The van der Waals surface area contributed by atoms with E-state index < -0.39 is 0 Å². The quantitative estimate of drug-likeness (QED) is 0.720. The predicted molar refractivity (Wildman–Crippen MR) is 81.0 cm³/mol. The lowest BCUT2D eigenvalue weighted by Crippen LogP contribution is -2.35. The molecular formula is C17H29N. The van der Waals surface area contributed by atoms with Gasteiger partial charge in [0.25, 0.3) is 0 Å². The molecule has 1 heteroatoms. The maximum Gasteiger partial charge on any atom is 0.00957 e. The summed E-state index contributed by atoms with van der Waals surface area (Å²) in [5.74, 6) is 0.764. The number of benzene rings is 1. The van der Waals surface area contributed by atoms with Crippen LogP contribution in [0.2, 0.25) is 0 Å². The normalized spacial score (nSPS) is 14.4. The Balaban J connectivity index is 2.53. The van der Waals surface area contributed by atoms with Crippen LogP contribution < -0.4 is 5.32 Å². The van der Waals surface area contributed by atoms with Gasteiger partial charge >= 0.3 is 0 Å². The minimum absolute atomic E-state index is 0.662. The molecular weight excluding hydrogens is 218 g/mol. The molecule has 1 rings (SSSR count). The van der Waals surface area contributed by atoms with Crippen molar-refractivity contribution < 1.29 is 0 Å². The predicted octanol–water partition coefficient (Wildman–Crippen LogP) is 4.34. The highest BCUT2D eigenvalue weighted by atomic mass is 14.9. The Kier molecular flexibility index (Phi) is 7.04. The van der Waals surface area contributed by atoms with E-state index in [1.54, 1.807) is 0 Å². The van der Waals surface area contributed by atoms with Crippen molar-refractivity contribution in [3.63, 3.8) is 0 Å². The minimum Gasteiger partial charge on any atom is -0.314 e. The SMILES string of the molecule is CCCNC(CCc1ccccc1C)C(C)CC. The summed E-state index contributed by atoms with van der Waals surface area (Å²) in [4.78, 5) is 0. The Morgan fingerprint density at radius 1 is 1.17 bits per heavy atom. The first-order chi connectivity index (χ1) is 8.69. The van der Waals surface area contributed by atoms with E-state index >= 15 is 0 Å². The third kappa shape index (κ3) is 4.81. The van der Waals surface area contributed by atoms with Crippen LogP contribution in [0, 0.1) is 12.8 Å². The van der Waals surface area contributed by atoms with Crippen LogP contribution in [-0.2, 0) is 6.42 Å². The van der Waals surface area contributed by atoms with E-state index in [0.717, 1.165) is 12.5 Å². The summed E-state index contributed by atoms with van der Waals surface area (Å²) in [5, 5.41) is 3.71. The zero-order valence-electron chi connectivity index (χ0n) is 12.5. The molecule has 18 heavy (non-hydrogen) atoms. The second kappa shape index (κ2) is 8.31. The molecule has 0 aliphatic heterocycles. The number of nitrogens with one attached hydrogen (secondary N) is 1. The van der Waals surface area contributed by atoms with E-state index in [9.17, 15) is 0 Å². The van der Waals surface area contributed by atoms with E-state index in [2.05, 4.69) is 57.3 Å². The molecule has 0 aromatic heterocycles. The summed E-state index contributed by atoms with van der Waals surface area (Å²) in [6, 6.07) is 9.42. The van der Waals surface area contributed by atoms with Crippen LogP contribution in [0.15, 0.2) is 24.3 Å². The first-order valence-corrected chi connectivity index (χ1v) is 7.46. The summed E-state index contributed by atoms with van der Waals surface area (Å²) in [6.45, 7) is 10.3. The molecule has 0 amide bonds. The number of hydrogen-bond acceptors (Lipinski definition) is 1. The molecule has 1 aromatic rings. The monoisotopic (exact) mass is 247 g/mol. The van der Waals surface area contributed by atoms with Gasteiger partial charge in [-0.2, -0.15) is 0 Å². The Labute approximate surface area is 113 Å². The van der Waals surface area contributed by atoms with Gasteiger partial charge in [-0.05, 0) is 49.8 Å². The standard InChI is InChI=1S/C17H29N/c1-5-13-18-17(14(3)6-2)12-11-16-10-8-7-9-15(16)4/h7-10,14,17-18H,5-6,11-13H2,1-4H3. The Bertz CT molecular complexity index is 332. The molecule has 0 radical (unpaired) electrons. The highest BCUT2D eigenvalue weighted by Gasteiger charge is 2.14. The van der Waals surface area contributed by atoms with Crippen LogP contribution in [0.1, 0.15) is 51.2 Å². The number of hydrogen-bond donors (Lipinski definition) is 1. The largest absolute Gasteiger partial charge is 0.314 e. The van der Waals surface area contributed by atoms with E-state index in [1.165, 1.54) is 36.8 Å². The molecule has 0 heterocycles. The topological polar surface area (TPSA) is 12.0 Å². The fourth-order valence-corrected chi connectivity index (χ4v) is 2.40. The van der Waals surface area contributed by atoms with Gasteiger partial charge in [0.2, 0.25) is 0 Å². The maximum absolute atomic E-state index is 3.71. The molecule has 0 fully saturated rings. The summed E-state index contributed by atoms with van der Waals surface area (Å²) >= 11 is 0. The minimum atomic E-state index is 0.662. The highest BCUT2D eigenvalue weighted by Crippen LogP contribution is 2.16. The van der Waals surface area contributed by atoms with Crippen LogP contribution in [0.5, 0.6) is 0 Å². The summed E-state index contributed by atoms with van der Waals surface area (Å²) < 4.78 is 0. The lowest BCUT2D eigenvalue weighted by molar-refractivity contribution is 0.348. The third-order valence-electron chi connectivity index (χ3n) is 3.97. The van der Waals surface area contributed by atoms with Crippen molar-refractivity contribution in [2.45, 2.75) is 59.4 Å². The molecule has 1 N–H and O–H groups in total. The zero-order chi connectivity index (χ0) is 13.4. The average Bonchev–Trinajstić information content (AvgIpc) is 2.40. The molecule has 0 saturated heterocycles. The Morgan fingerprint density at radius 3 is 2.50 bits per heavy atom. The molecule has 0 spiro atoms. The van der Waals surface area contributed by atoms with Gasteiger partial charge in [0, 0.05) is 6.04 Å². The van der Waals surface area contributed by atoms with Gasteiger partial charge in [-0.3, -0.25) is 0 Å². The molecule has 2 unspecified atom stereocenters. The smallest absolute Gasteiger partial charge is 0.00957 e. The van der Waals surface area contributed by atoms with Gasteiger partial charge < -0.3 is 5.32 Å². The van der Waals surface area contributed by atoms with Crippen molar-refractivity contribution >= 4 is 0 Å². The fraction of sp³-hybridized carbons (Fsp3) is 0.647. The van der Waals surface area contributed by atoms with E-state index in [-0.39, 0.29) is 0 Å². The summed E-state index contributed by atoms with van der Waals surface area (Å²) in [5.41, 5.74) is 2.93. The van der Waals surface area contributed by atoms with Crippen molar-refractivity contribution in [3.8, 4) is 0 Å². The van der Waals surface area contributed by atoms with E-state index in [4.69, 9.17) is 0 Å². The lowest BCUT2D eigenvalue weighted by Gasteiger charge is -2.24. The van der Waals surface area contributed by atoms with Crippen LogP contribution in [0.3, 0.4) is 0 Å². The van der Waals surface area contributed by atoms with Crippen LogP contribution in [0.4, 0.5) is 0 Å². The molecule has 0 aliphatic carbocycles. The maximum atomic E-state index is 3.71. The summed E-state index contributed by atoms with van der Waals surface area (Å²) in [6.07, 6.45) is 4.92. The van der Waals surface area contributed by atoms with Crippen LogP contribution >= 0.6 is 0 Å². The number of aryl methyl sites for hydroxylation is 2. The lowest BCUT2D eigenvalue weighted by atomic mass is 9.92. The van der Waals surface area contributed by atoms with E-state index in [1.807, 2.05) is 0 Å². The van der Waals surface area contributed by atoms with Crippen molar-refractivity contribution in [2.24, 2.45) is 5.92 Å². The molecule has 2 atom stereocenters. The second-order valence-corrected chi connectivity index (χ2v) is 5.41. The van der Waals surface area contributed by atoms with Crippen molar-refractivity contribution in [1.82, 2.24) is 5.32 Å². The van der Waals surface area contributed by atoms with Gasteiger partial charge in [-0.25, -0.2) is 0 Å². The van der Waals surface area contributed by atoms with Gasteiger partial charge in [0.05, 0.1) is 0 Å². The molecule has 0 aliphatic rings.